The average Bonchev–Trinajstić information content (AvgIpc) is 3.14. The molecular formula is C32H39N3O5. The van der Waals surface area contributed by atoms with Crippen LogP contribution < -0.4 is 9.64 Å². The first kappa shape index (κ1) is 28.0. The molecule has 1 saturated carbocycles. The van der Waals surface area contributed by atoms with Crippen LogP contribution in [-0.2, 0) is 25.7 Å². The van der Waals surface area contributed by atoms with E-state index >= 15 is 0 Å². The third-order valence-electron chi connectivity index (χ3n) is 9.54. The number of esters is 1. The lowest BCUT2D eigenvalue weighted by molar-refractivity contribution is -0.144. The number of carbonyl (C=O) groups excluding carboxylic acids is 4. The molecule has 8 nitrogen and oxygen atoms in total. The summed E-state index contributed by atoms with van der Waals surface area (Å²) in [7, 11) is 0. The molecule has 2 aliphatic heterocycles. The van der Waals surface area contributed by atoms with E-state index in [1.165, 1.54) is 17.4 Å². The van der Waals surface area contributed by atoms with Gasteiger partial charge in [-0.1, -0.05) is 58.0 Å². The Morgan fingerprint density at radius 3 is 2.08 bits per heavy atom. The van der Waals surface area contributed by atoms with Gasteiger partial charge in [-0.15, -0.1) is 0 Å². The van der Waals surface area contributed by atoms with Crippen LogP contribution in [0.3, 0.4) is 0 Å². The molecule has 40 heavy (non-hydrogen) atoms. The van der Waals surface area contributed by atoms with Crippen molar-refractivity contribution in [1.29, 1.82) is 0 Å². The van der Waals surface area contributed by atoms with Crippen molar-refractivity contribution in [2.24, 2.45) is 16.7 Å². The minimum Gasteiger partial charge on any atom is -0.427 e. The zero-order valence-electron chi connectivity index (χ0n) is 24.1. The molecule has 3 fully saturated rings. The van der Waals surface area contributed by atoms with Gasteiger partial charge < -0.3 is 9.64 Å². The predicted molar refractivity (Wildman–Crippen MR) is 151 cm³/mol. The molecule has 2 saturated heterocycles. The van der Waals surface area contributed by atoms with Gasteiger partial charge in [-0.3, -0.25) is 24.1 Å². The van der Waals surface area contributed by atoms with Crippen LogP contribution in [0, 0.1) is 16.7 Å². The van der Waals surface area contributed by atoms with E-state index in [2.05, 4.69) is 44.7 Å². The van der Waals surface area contributed by atoms with Gasteiger partial charge in [0, 0.05) is 38.5 Å². The molecule has 0 spiro atoms. The maximum Gasteiger partial charge on any atom is 0.308 e. The third kappa shape index (κ3) is 5.05. The van der Waals surface area contributed by atoms with Crippen LogP contribution in [-0.4, -0.2) is 58.7 Å². The lowest BCUT2D eigenvalue weighted by atomic mass is 9.97. The van der Waals surface area contributed by atoms with Gasteiger partial charge in [0.1, 0.15) is 11.8 Å². The quantitative estimate of drug-likeness (QED) is 0.291. The summed E-state index contributed by atoms with van der Waals surface area (Å²) in [5.41, 5.74) is 1.29. The Morgan fingerprint density at radius 1 is 0.925 bits per heavy atom. The number of hydrogen-bond donors (Lipinski definition) is 0. The van der Waals surface area contributed by atoms with Crippen molar-refractivity contribution in [3.8, 4) is 5.75 Å². The number of ether oxygens (including phenoxy) is 1. The predicted octanol–water partition coefficient (Wildman–Crippen LogP) is 4.42. The summed E-state index contributed by atoms with van der Waals surface area (Å²) in [6.45, 7) is 12.2. The summed E-state index contributed by atoms with van der Waals surface area (Å²) in [4.78, 5) is 57.9. The zero-order chi connectivity index (χ0) is 28.8. The monoisotopic (exact) mass is 545 g/mol. The lowest BCUT2D eigenvalue weighted by Crippen LogP contribution is -2.55. The molecule has 2 aromatic rings. The van der Waals surface area contributed by atoms with E-state index in [-0.39, 0.29) is 46.9 Å². The van der Waals surface area contributed by atoms with Crippen molar-refractivity contribution >= 4 is 29.4 Å². The fourth-order valence-electron chi connectivity index (χ4n) is 6.68. The van der Waals surface area contributed by atoms with Crippen molar-refractivity contribution in [1.82, 2.24) is 9.80 Å². The van der Waals surface area contributed by atoms with Crippen LogP contribution in [0.15, 0.2) is 54.6 Å². The van der Waals surface area contributed by atoms with E-state index in [0.717, 1.165) is 32.5 Å². The first-order chi connectivity index (χ1) is 18.9. The first-order valence-corrected chi connectivity index (χ1v) is 14.2. The number of hydrogen-bond acceptors (Lipinski definition) is 6. The Kier molecular flexibility index (Phi) is 7.33. The van der Waals surface area contributed by atoms with Crippen molar-refractivity contribution < 1.29 is 23.9 Å². The van der Waals surface area contributed by atoms with Gasteiger partial charge in [-0.05, 0) is 53.5 Å². The molecule has 1 aliphatic carbocycles. The van der Waals surface area contributed by atoms with E-state index in [0.29, 0.717) is 11.4 Å². The minimum atomic E-state index is -0.828. The molecule has 0 N–H and O–H groups in total. The molecule has 0 radical (unpaired) electrons. The number of anilines is 1. The van der Waals surface area contributed by atoms with Crippen LogP contribution >= 0.6 is 0 Å². The maximum atomic E-state index is 14.2. The summed E-state index contributed by atoms with van der Waals surface area (Å²) in [5, 5.41) is 0. The molecule has 0 aromatic heterocycles. The number of carbonyl (C=O) groups is 4. The van der Waals surface area contributed by atoms with E-state index in [1.807, 2.05) is 18.2 Å². The van der Waals surface area contributed by atoms with Gasteiger partial charge in [0.2, 0.25) is 11.8 Å². The van der Waals surface area contributed by atoms with Gasteiger partial charge in [0.05, 0.1) is 12.1 Å². The topological polar surface area (TPSA) is 87.2 Å². The maximum absolute atomic E-state index is 14.2. The van der Waals surface area contributed by atoms with Crippen LogP contribution in [0.4, 0.5) is 5.69 Å². The summed E-state index contributed by atoms with van der Waals surface area (Å²) >= 11 is 0. The molecule has 3 aliphatic rings. The SMILES string of the molecule is CC(=O)Oc1ccc(N2C(=O)CC(N(C(=O)C3C(C)(C)C3(C)C)C3CCN(Cc4ccccc4)CC3)C2=O)cc1. The van der Waals surface area contributed by atoms with Gasteiger partial charge in [0.25, 0.3) is 5.91 Å². The molecule has 0 bridgehead atoms. The Balaban J connectivity index is 1.37. The third-order valence-corrected chi connectivity index (χ3v) is 9.54. The normalized spacial score (nSPS) is 22.8. The molecule has 1 unspecified atom stereocenters. The number of piperidine rings is 1. The fourth-order valence-corrected chi connectivity index (χ4v) is 6.68. The average molecular weight is 546 g/mol. The highest BCUT2D eigenvalue weighted by Gasteiger charge is 2.69. The molecular weight excluding hydrogens is 506 g/mol. The number of imide groups is 1. The second-order valence-corrected chi connectivity index (χ2v) is 12.5. The highest BCUT2D eigenvalue weighted by molar-refractivity contribution is 6.23. The largest absolute Gasteiger partial charge is 0.427 e. The molecule has 5 rings (SSSR count). The Labute approximate surface area is 236 Å². The second-order valence-electron chi connectivity index (χ2n) is 12.5. The molecule has 2 aromatic carbocycles. The van der Waals surface area contributed by atoms with Gasteiger partial charge in [0.15, 0.2) is 0 Å². The van der Waals surface area contributed by atoms with Crippen molar-refractivity contribution in [3.63, 3.8) is 0 Å². The summed E-state index contributed by atoms with van der Waals surface area (Å²) in [6, 6.07) is 15.7. The van der Waals surface area contributed by atoms with Crippen LogP contribution in [0.2, 0.25) is 0 Å². The molecule has 2 heterocycles. The number of rotatable bonds is 7. The van der Waals surface area contributed by atoms with Gasteiger partial charge in [-0.2, -0.15) is 0 Å². The van der Waals surface area contributed by atoms with Gasteiger partial charge >= 0.3 is 5.97 Å². The van der Waals surface area contributed by atoms with Gasteiger partial charge in [-0.25, -0.2) is 4.90 Å². The van der Waals surface area contributed by atoms with Crippen molar-refractivity contribution in [2.45, 2.75) is 72.5 Å². The first-order valence-electron chi connectivity index (χ1n) is 14.2. The highest BCUT2D eigenvalue weighted by Crippen LogP contribution is 2.69. The second kappa shape index (κ2) is 10.5. The smallest absolute Gasteiger partial charge is 0.308 e. The van der Waals surface area contributed by atoms with Crippen LogP contribution in [0.5, 0.6) is 5.75 Å². The Bertz CT molecular complexity index is 1280. The van der Waals surface area contributed by atoms with E-state index in [4.69, 9.17) is 4.74 Å². The standard InChI is InChI=1S/C32H39N3O5/c1-21(36)40-25-13-11-23(12-14-25)35-27(37)19-26(29(35)38)34(30(39)28-31(2,3)32(28,4)5)24-15-17-33(18-16-24)20-22-9-7-6-8-10-22/h6-14,24,26,28H,15-20H2,1-5H3. The number of benzene rings is 2. The highest BCUT2D eigenvalue weighted by atomic mass is 16.5. The van der Waals surface area contributed by atoms with Crippen LogP contribution in [0.25, 0.3) is 0 Å². The van der Waals surface area contributed by atoms with Crippen molar-refractivity contribution in [3.05, 3.63) is 60.2 Å². The molecule has 3 amide bonds. The Hall–Kier alpha value is -3.52. The number of nitrogens with zero attached hydrogens (tertiary/aromatic N) is 3. The van der Waals surface area contributed by atoms with Crippen molar-refractivity contribution in [2.75, 3.05) is 18.0 Å². The van der Waals surface area contributed by atoms with Crippen LogP contribution in [0.1, 0.15) is 59.4 Å². The number of amides is 3. The molecule has 8 heteroatoms. The van der Waals surface area contributed by atoms with E-state index < -0.39 is 12.0 Å². The van der Waals surface area contributed by atoms with E-state index in [1.54, 1.807) is 29.2 Å². The van der Waals surface area contributed by atoms with E-state index in [9.17, 15) is 19.2 Å². The molecule has 1 atom stereocenters. The molecule has 212 valence electrons. The minimum absolute atomic E-state index is 0.0188. The summed E-state index contributed by atoms with van der Waals surface area (Å²) in [6.07, 6.45) is 1.47. The summed E-state index contributed by atoms with van der Waals surface area (Å²) in [5.74, 6) is -1.04. The summed E-state index contributed by atoms with van der Waals surface area (Å²) < 4.78 is 5.09. The fraction of sp³-hybridized carbons (Fsp3) is 0.500. The lowest BCUT2D eigenvalue weighted by Gasteiger charge is -2.41. The zero-order valence-corrected chi connectivity index (χ0v) is 24.1. The Morgan fingerprint density at radius 2 is 1.52 bits per heavy atom. The number of likely N-dealkylation sites (tertiary alicyclic amines) is 1.